The van der Waals surface area contributed by atoms with Gasteiger partial charge in [-0.2, -0.15) is 0 Å². The molecule has 4 aromatic rings. The fourth-order valence-electron chi connectivity index (χ4n) is 3.25. The average molecular weight is 407 g/mol. The van der Waals surface area contributed by atoms with Gasteiger partial charge in [-0.25, -0.2) is 9.97 Å². The Morgan fingerprint density at radius 2 is 1.90 bits per heavy atom. The molecule has 0 bridgehead atoms. The van der Waals surface area contributed by atoms with Gasteiger partial charge in [0.1, 0.15) is 4.83 Å². The summed E-state index contributed by atoms with van der Waals surface area (Å²) in [6.45, 7) is 4.91. The highest BCUT2D eigenvalue weighted by Crippen LogP contribution is 2.33. The molecule has 6 nitrogen and oxygen atoms in total. The zero-order valence-electron chi connectivity index (χ0n) is 16.5. The van der Waals surface area contributed by atoms with Crippen LogP contribution in [0.1, 0.15) is 32.1 Å². The van der Waals surface area contributed by atoms with E-state index in [2.05, 4.69) is 15.3 Å². The minimum absolute atomic E-state index is 0.106. The predicted octanol–water partition coefficient (Wildman–Crippen LogP) is 4.64. The zero-order valence-corrected chi connectivity index (χ0v) is 17.3. The first kappa shape index (κ1) is 19.3. The van der Waals surface area contributed by atoms with Gasteiger partial charge in [0.05, 0.1) is 23.4 Å². The maximum Gasteiger partial charge on any atom is 0.261 e. The Morgan fingerprint density at radius 3 is 2.59 bits per heavy atom. The topological polar surface area (TPSA) is 77.2 Å². The number of amides is 1. The molecule has 0 atom stereocenters. The van der Waals surface area contributed by atoms with E-state index in [9.17, 15) is 4.79 Å². The van der Waals surface area contributed by atoms with E-state index in [1.54, 1.807) is 19.4 Å². The quantitative estimate of drug-likeness (QED) is 0.504. The van der Waals surface area contributed by atoms with Gasteiger partial charge in [-0.05, 0) is 42.7 Å². The van der Waals surface area contributed by atoms with Crippen molar-refractivity contribution >= 4 is 27.5 Å². The Hall–Kier alpha value is -3.03. The molecule has 4 rings (SSSR count). The molecule has 29 heavy (non-hydrogen) atoms. The molecule has 0 spiro atoms. The minimum atomic E-state index is -0.106. The van der Waals surface area contributed by atoms with Crippen LogP contribution in [0.2, 0.25) is 0 Å². The molecule has 148 valence electrons. The Bertz CT molecular complexity index is 1150. The highest BCUT2D eigenvalue weighted by Gasteiger charge is 2.20. The molecule has 1 aromatic carbocycles. The van der Waals surface area contributed by atoms with Gasteiger partial charge in [0, 0.05) is 19.0 Å². The molecule has 0 aliphatic rings. The fraction of sp³-hybridized carbons (Fsp3) is 0.227. The van der Waals surface area contributed by atoms with Crippen LogP contribution in [-0.2, 0) is 17.9 Å². The number of nitrogens with one attached hydrogen (secondary N) is 1. The van der Waals surface area contributed by atoms with Gasteiger partial charge in [0.15, 0.2) is 11.6 Å². The normalized spacial score (nSPS) is 11.1. The van der Waals surface area contributed by atoms with E-state index < -0.39 is 0 Å². The van der Waals surface area contributed by atoms with Crippen LogP contribution in [-0.4, -0.2) is 23.0 Å². The number of hydrogen-bond acceptors (Lipinski definition) is 6. The molecular formula is C22H21N3O3S. The second kappa shape index (κ2) is 8.14. The van der Waals surface area contributed by atoms with Crippen LogP contribution in [0.3, 0.4) is 0 Å². The third-order valence-electron chi connectivity index (χ3n) is 4.71. The lowest BCUT2D eigenvalue weighted by Gasteiger charge is -2.06. The number of carbonyl (C=O) groups is 1. The molecule has 0 radical (unpaired) electrons. The lowest BCUT2D eigenvalue weighted by molar-refractivity contribution is 0.0954. The largest absolute Gasteiger partial charge is 0.461 e. The summed E-state index contributed by atoms with van der Waals surface area (Å²) in [5.41, 5.74) is 3.88. The SMILES string of the molecule is COCc1ccc(CNC(=O)c2sc3nc(-c4ccco4)nc(C)c3c2C)cc1. The summed E-state index contributed by atoms with van der Waals surface area (Å²) in [6.07, 6.45) is 1.60. The highest BCUT2D eigenvalue weighted by atomic mass is 32.1. The fourth-order valence-corrected chi connectivity index (χ4v) is 4.40. The van der Waals surface area contributed by atoms with Crippen molar-refractivity contribution in [2.75, 3.05) is 7.11 Å². The summed E-state index contributed by atoms with van der Waals surface area (Å²) in [6, 6.07) is 11.6. The van der Waals surface area contributed by atoms with Gasteiger partial charge in [0.2, 0.25) is 0 Å². The van der Waals surface area contributed by atoms with Crippen molar-refractivity contribution in [3.05, 3.63) is 69.9 Å². The lowest BCUT2D eigenvalue weighted by atomic mass is 10.1. The zero-order chi connectivity index (χ0) is 20.4. The summed E-state index contributed by atoms with van der Waals surface area (Å²) >= 11 is 1.38. The Labute approximate surface area is 172 Å². The smallest absolute Gasteiger partial charge is 0.261 e. The van der Waals surface area contributed by atoms with Crippen LogP contribution >= 0.6 is 11.3 Å². The van der Waals surface area contributed by atoms with E-state index in [1.165, 1.54) is 11.3 Å². The van der Waals surface area contributed by atoms with Gasteiger partial charge < -0.3 is 14.5 Å². The average Bonchev–Trinajstić information content (AvgIpc) is 3.36. The van der Waals surface area contributed by atoms with Gasteiger partial charge in [-0.15, -0.1) is 11.3 Å². The molecule has 0 saturated carbocycles. The van der Waals surface area contributed by atoms with E-state index in [4.69, 9.17) is 9.15 Å². The number of ether oxygens (including phenoxy) is 1. The van der Waals surface area contributed by atoms with Crippen LogP contribution in [0.4, 0.5) is 0 Å². The summed E-state index contributed by atoms with van der Waals surface area (Å²) in [4.78, 5) is 23.4. The maximum atomic E-state index is 12.8. The van der Waals surface area contributed by atoms with Crippen molar-refractivity contribution in [3.63, 3.8) is 0 Å². The number of nitrogens with zero attached hydrogens (tertiary/aromatic N) is 2. The molecule has 0 saturated heterocycles. The van der Waals surface area contributed by atoms with Crippen LogP contribution in [0.25, 0.3) is 21.8 Å². The molecule has 0 aliphatic carbocycles. The first-order valence-electron chi connectivity index (χ1n) is 9.23. The summed E-state index contributed by atoms with van der Waals surface area (Å²) in [7, 11) is 1.67. The van der Waals surface area contributed by atoms with Crippen molar-refractivity contribution in [2.45, 2.75) is 27.0 Å². The van der Waals surface area contributed by atoms with Gasteiger partial charge in [-0.1, -0.05) is 24.3 Å². The van der Waals surface area contributed by atoms with Gasteiger partial charge >= 0.3 is 0 Å². The van der Waals surface area contributed by atoms with Crippen LogP contribution in [0, 0.1) is 13.8 Å². The van der Waals surface area contributed by atoms with E-state index in [0.717, 1.165) is 32.6 Å². The number of benzene rings is 1. The van der Waals surface area contributed by atoms with E-state index in [0.29, 0.717) is 29.6 Å². The van der Waals surface area contributed by atoms with E-state index >= 15 is 0 Å². The third kappa shape index (κ3) is 3.92. The molecule has 3 heterocycles. The minimum Gasteiger partial charge on any atom is -0.461 e. The Kier molecular flexibility index (Phi) is 5.42. The highest BCUT2D eigenvalue weighted by molar-refractivity contribution is 7.20. The molecule has 7 heteroatoms. The van der Waals surface area contributed by atoms with Crippen LogP contribution in [0.5, 0.6) is 0 Å². The molecule has 0 aliphatic heterocycles. The van der Waals surface area contributed by atoms with E-state index in [1.807, 2.05) is 44.2 Å². The van der Waals surface area contributed by atoms with Crippen LogP contribution in [0.15, 0.2) is 47.1 Å². The van der Waals surface area contributed by atoms with Crippen molar-refractivity contribution in [3.8, 4) is 11.6 Å². The molecule has 0 fully saturated rings. The number of aromatic nitrogens is 2. The second-order valence-corrected chi connectivity index (χ2v) is 7.78. The van der Waals surface area contributed by atoms with Crippen molar-refractivity contribution in [1.29, 1.82) is 0 Å². The Morgan fingerprint density at radius 1 is 1.14 bits per heavy atom. The Balaban J connectivity index is 1.56. The number of carbonyl (C=O) groups excluding carboxylic acids is 1. The van der Waals surface area contributed by atoms with Crippen LogP contribution < -0.4 is 5.32 Å². The summed E-state index contributed by atoms with van der Waals surface area (Å²) in [5.74, 6) is 1.04. The lowest BCUT2D eigenvalue weighted by Crippen LogP contribution is -2.22. The number of thiophene rings is 1. The number of furan rings is 1. The first-order valence-corrected chi connectivity index (χ1v) is 10.0. The molecule has 0 unspecified atom stereocenters. The van der Waals surface area contributed by atoms with Crippen molar-refractivity contribution < 1.29 is 13.9 Å². The molecular weight excluding hydrogens is 386 g/mol. The summed E-state index contributed by atoms with van der Waals surface area (Å²) in [5, 5.41) is 3.93. The molecule has 1 N–H and O–H groups in total. The molecule has 1 amide bonds. The second-order valence-electron chi connectivity index (χ2n) is 6.78. The number of fused-ring (bicyclic) bond motifs is 1. The maximum absolute atomic E-state index is 12.8. The van der Waals surface area contributed by atoms with E-state index in [-0.39, 0.29) is 5.91 Å². The van der Waals surface area contributed by atoms with Crippen molar-refractivity contribution in [2.24, 2.45) is 0 Å². The van der Waals surface area contributed by atoms with Crippen molar-refractivity contribution in [1.82, 2.24) is 15.3 Å². The number of aryl methyl sites for hydroxylation is 2. The third-order valence-corrected chi connectivity index (χ3v) is 5.89. The predicted molar refractivity (Wildman–Crippen MR) is 113 cm³/mol. The summed E-state index contributed by atoms with van der Waals surface area (Å²) < 4.78 is 10.5. The molecule has 3 aromatic heterocycles. The standard InChI is InChI=1S/C22H21N3O3S/c1-13-18-14(2)24-20(17-5-4-10-28-17)25-22(18)29-19(13)21(26)23-11-15-6-8-16(9-7-15)12-27-3/h4-10H,11-12H2,1-3H3,(H,23,26). The number of hydrogen-bond donors (Lipinski definition) is 1. The number of methoxy groups -OCH3 is 1. The first-order chi connectivity index (χ1) is 14.1. The number of rotatable bonds is 6. The van der Waals surface area contributed by atoms with Gasteiger partial charge in [0.25, 0.3) is 5.91 Å². The van der Waals surface area contributed by atoms with Gasteiger partial charge in [-0.3, -0.25) is 4.79 Å². The monoisotopic (exact) mass is 407 g/mol.